The van der Waals surface area contributed by atoms with Crippen LogP contribution in [0.4, 0.5) is 0 Å². The summed E-state index contributed by atoms with van der Waals surface area (Å²) in [5, 5.41) is 6.41. The molecule has 0 bridgehead atoms. The minimum atomic E-state index is 0.347. The largest absolute Gasteiger partial charge is 0.314 e. The van der Waals surface area contributed by atoms with Crippen molar-refractivity contribution in [2.24, 2.45) is 5.41 Å². The number of hydrogen-bond donors (Lipinski definition) is 1. The summed E-state index contributed by atoms with van der Waals surface area (Å²) in [6.45, 7) is 8.06. The van der Waals surface area contributed by atoms with Gasteiger partial charge in [0.1, 0.15) is 0 Å². The number of fused-ring (bicyclic) bond motifs is 1. The molecule has 2 aromatic rings. The van der Waals surface area contributed by atoms with Crippen molar-refractivity contribution in [1.82, 2.24) is 5.32 Å². The van der Waals surface area contributed by atoms with E-state index in [0.717, 1.165) is 6.54 Å². The molecule has 3 rings (SSSR count). The van der Waals surface area contributed by atoms with Crippen LogP contribution in [-0.4, -0.2) is 12.6 Å². The second kappa shape index (κ2) is 4.64. The average molecular weight is 253 g/mol. The Labute approximate surface area is 116 Å². The average Bonchev–Trinajstić information content (AvgIpc) is 2.43. The molecule has 0 amide bonds. The fourth-order valence-electron chi connectivity index (χ4n) is 3.60. The van der Waals surface area contributed by atoms with Gasteiger partial charge in [0.2, 0.25) is 0 Å². The van der Waals surface area contributed by atoms with Crippen LogP contribution < -0.4 is 5.32 Å². The van der Waals surface area contributed by atoms with E-state index in [1.165, 1.54) is 22.8 Å². The smallest absolute Gasteiger partial charge is 0.0130 e. The van der Waals surface area contributed by atoms with Crippen molar-refractivity contribution >= 4 is 10.8 Å². The molecule has 100 valence electrons. The highest BCUT2D eigenvalue weighted by molar-refractivity contribution is 5.86. The van der Waals surface area contributed by atoms with Gasteiger partial charge in [-0.25, -0.2) is 0 Å². The van der Waals surface area contributed by atoms with Crippen molar-refractivity contribution < 1.29 is 0 Å². The van der Waals surface area contributed by atoms with Gasteiger partial charge in [0.05, 0.1) is 0 Å². The molecule has 1 aliphatic carbocycles. The van der Waals surface area contributed by atoms with E-state index in [9.17, 15) is 0 Å². The minimum absolute atomic E-state index is 0.347. The van der Waals surface area contributed by atoms with Crippen molar-refractivity contribution in [2.45, 2.75) is 39.2 Å². The SMILES string of the molecule is CCNC1CC(c2cccc3ccccc23)C1(C)C. The van der Waals surface area contributed by atoms with Crippen molar-refractivity contribution in [2.75, 3.05) is 6.54 Å². The van der Waals surface area contributed by atoms with Gasteiger partial charge >= 0.3 is 0 Å². The first kappa shape index (κ1) is 12.7. The first-order chi connectivity index (χ1) is 9.14. The summed E-state index contributed by atoms with van der Waals surface area (Å²) in [6.07, 6.45) is 1.26. The van der Waals surface area contributed by atoms with E-state index in [1.807, 2.05) is 0 Å². The van der Waals surface area contributed by atoms with E-state index in [0.29, 0.717) is 17.4 Å². The summed E-state index contributed by atoms with van der Waals surface area (Å²) >= 11 is 0. The number of hydrogen-bond acceptors (Lipinski definition) is 1. The standard InChI is InChI=1S/C18H23N/c1-4-19-17-12-16(18(17,2)3)15-11-7-9-13-8-5-6-10-14(13)15/h5-11,16-17,19H,4,12H2,1-3H3. The van der Waals surface area contributed by atoms with Gasteiger partial charge in [-0.2, -0.15) is 0 Å². The van der Waals surface area contributed by atoms with Gasteiger partial charge in [0, 0.05) is 6.04 Å². The Morgan fingerprint density at radius 1 is 1.11 bits per heavy atom. The molecule has 0 heterocycles. The summed E-state index contributed by atoms with van der Waals surface area (Å²) < 4.78 is 0. The maximum absolute atomic E-state index is 3.62. The molecule has 2 unspecified atom stereocenters. The van der Waals surface area contributed by atoms with Crippen LogP contribution in [-0.2, 0) is 0 Å². The van der Waals surface area contributed by atoms with Crippen molar-refractivity contribution in [3.05, 3.63) is 48.0 Å². The van der Waals surface area contributed by atoms with Crippen LogP contribution in [0.15, 0.2) is 42.5 Å². The predicted octanol–water partition coefficient (Wildman–Crippen LogP) is 4.33. The van der Waals surface area contributed by atoms with Gasteiger partial charge in [0.15, 0.2) is 0 Å². The molecule has 1 heteroatoms. The van der Waals surface area contributed by atoms with Crippen LogP contribution in [0.25, 0.3) is 10.8 Å². The molecule has 1 nitrogen and oxygen atoms in total. The number of rotatable bonds is 3. The normalized spacial score (nSPS) is 25.2. The predicted molar refractivity (Wildman–Crippen MR) is 82.6 cm³/mol. The number of benzene rings is 2. The molecule has 2 atom stereocenters. The van der Waals surface area contributed by atoms with Gasteiger partial charge in [-0.1, -0.05) is 63.2 Å². The lowest BCUT2D eigenvalue weighted by Crippen LogP contribution is -2.55. The zero-order chi connectivity index (χ0) is 13.5. The van der Waals surface area contributed by atoms with E-state index >= 15 is 0 Å². The van der Waals surface area contributed by atoms with Crippen LogP contribution >= 0.6 is 0 Å². The maximum Gasteiger partial charge on any atom is 0.0130 e. The van der Waals surface area contributed by atoms with Crippen LogP contribution in [0.2, 0.25) is 0 Å². The molecule has 1 N–H and O–H groups in total. The Morgan fingerprint density at radius 2 is 1.84 bits per heavy atom. The second-order valence-corrected chi connectivity index (χ2v) is 6.29. The summed E-state index contributed by atoms with van der Waals surface area (Å²) in [7, 11) is 0. The summed E-state index contributed by atoms with van der Waals surface area (Å²) in [5.74, 6) is 0.669. The van der Waals surface area contributed by atoms with Gasteiger partial charge in [-0.05, 0) is 40.6 Å². The molecule has 1 fully saturated rings. The van der Waals surface area contributed by atoms with E-state index < -0.39 is 0 Å². The summed E-state index contributed by atoms with van der Waals surface area (Å²) in [6, 6.07) is 16.1. The second-order valence-electron chi connectivity index (χ2n) is 6.29. The molecule has 0 aliphatic heterocycles. The summed E-state index contributed by atoms with van der Waals surface area (Å²) in [4.78, 5) is 0. The maximum atomic E-state index is 3.62. The van der Waals surface area contributed by atoms with Gasteiger partial charge in [0.25, 0.3) is 0 Å². The Balaban J connectivity index is 1.98. The molecule has 2 aromatic carbocycles. The highest BCUT2D eigenvalue weighted by Crippen LogP contribution is 2.53. The van der Waals surface area contributed by atoms with Crippen molar-refractivity contribution in [3.63, 3.8) is 0 Å². The van der Waals surface area contributed by atoms with E-state index in [1.54, 1.807) is 0 Å². The van der Waals surface area contributed by atoms with Crippen LogP contribution in [0.5, 0.6) is 0 Å². The Morgan fingerprint density at radius 3 is 2.58 bits per heavy atom. The third-order valence-corrected chi connectivity index (χ3v) is 4.92. The van der Waals surface area contributed by atoms with Gasteiger partial charge in [-0.15, -0.1) is 0 Å². The molecule has 1 saturated carbocycles. The third kappa shape index (κ3) is 1.97. The Bertz CT molecular complexity index is 580. The lowest BCUT2D eigenvalue weighted by Gasteiger charge is -2.53. The van der Waals surface area contributed by atoms with Crippen LogP contribution in [0.1, 0.15) is 38.7 Å². The highest BCUT2D eigenvalue weighted by Gasteiger charge is 2.48. The summed E-state index contributed by atoms with van der Waals surface area (Å²) in [5.41, 5.74) is 1.87. The van der Waals surface area contributed by atoms with Gasteiger partial charge < -0.3 is 5.32 Å². The van der Waals surface area contributed by atoms with E-state index in [4.69, 9.17) is 0 Å². The van der Waals surface area contributed by atoms with E-state index in [-0.39, 0.29) is 0 Å². The minimum Gasteiger partial charge on any atom is -0.314 e. The first-order valence-electron chi connectivity index (χ1n) is 7.35. The molecular formula is C18H23N. The molecule has 1 aliphatic rings. The molecule has 0 spiro atoms. The highest BCUT2D eigenvalue weighted by atomic mass is 15.0. The zero-order valence-electron chi connectivity index (χ0n) is 12.1. The molecule has 0 radical (unpaired) electrons. The van der Waals surface area contributed by atoms with Crippen molar-refractivity contribution in [1.29, 1.82) is 0 Å². The zero-order valence-corrected chi connectivity index (χ0v) is 12.1. The molecule has 19 heavy (non-hydrogen) atoms. The number of nitrogens with one attached hydrogen (secondary N) is 1. The van der Waals surface area contributed by atoms with Crippen LogP contribution in [0, 0.1) is 5.41 Å². The monoisotopic (exact) mass is 253 g/mol. The lowest BCUT2D eigenvalue weighted by atomic mass is 9.56. The van der Waals surface area contributed by atoms with Crippen molar-refractivity contribution in [3.8, 4) is 0 Å². The fourth-order valence-corrected chi connectivity index (χ4v) is 3.60. The van der Waals surface area contributed by atoms with Gasteiger partial charge in [-0.3, -0.25) is 0 Å². The molecule has 0 saturated heterocycles. The topological polar surface area (TPSA) is 12.0 Å². The van der Waals surface area contributed by atoms with E-state index in [2.05, 4.69) is 68.6 Å². The van der Waals surface area contributed by atoms with Crippen LogP contribution in [0.3, 0.4) is 0 Å². The third-order valence-electron chi connectivity index (χ3n) is 4.92. The lowest BCUT2D eigenvalue weighted by molar-refractivity contribution is 0.0715. The Kier molecular flexibility index (Phi) is 3.10. The quantitative estimate of drug-likeness (QED) is 0.858. The first-order valence-corrected chi connectivity index (χ1v) is 7.35. The molecular weight excluding hydrogens is 230 g/mol. The fraction of sp³-hybridized carbons (Fsp3) is 0.444. The molecule has 0 aromatic heterocycles. The Hall–Kier alpha value is -1.34.